The Morgan fingerprint density at radius 2 is 2.09 bits per heavy atom. The lowest BCUT2D eigenvalue weighted by Crippen LogP contribution is -2.42. The fourth-order valence-corrected chi connectivity index (χ4v) is 4.60. The van der Waals surface area contributed by atoms with E-state index < -0.39 is 10.0 Å². The largest absolute Gasteiger partial charge is 0.384 e. The van der Waals surface area contributed by atoms with Crippen molar-refractivity contribution in [3.05, 3.63) is 29.8 Å². The zero-order valence-corrected chi connectivity index (χ0v) is 14.1. The summed E-state index contributed by atoms with van der Waals surface area (Å²) in [7, 11) is -1.80. The molecular weight excluding hydrogens is 316 g/mol. The minimum atomic E-state index is -3.46. The van der Waals surface area contributed by atoms with Crippen LogP contribution in [-0.4, -0.2) is 63.4 Å². The zero-order chi connectivity index (χ0) is 16.4. The lowest BCUT2D eigenvalue weighted by Gasteiger charge is -2.29. The van der Waals surface area contributed by atoms with Gasteiger partial charge in [0, 0.05) is 44.8 Å². The van der Waals surface area contributed by atoms with Gasteiger partial charge in [0.15, 0.2) is 0 Å². The molecule has 1 atom stereocenters. The summed E-state index contributed by atoms with van der Waals surface area (Å²) in [6, 6.07) is 6.38. The van der Waals surface area contributed by atoms with Crippen molar-refractivity contribution in [2.24, 2.45) is 5.92 Å². The van der Waals surface area contributed by atoms with Gasteiger partial charge in [0.25, 0.3) is 5.91 Å². The normalized spacial score (nSPS) is 22.1. The number of methoxy groups -OCH3 is 1. The molecule has 0 N–H and O–H groups in total. The van der Waals surface area contributed by atoms with Crippen molar-refractivity contribution >= 4 is 15.9 Å². The van der Waals surface area contributed by atoms with Crippen molar-refractivity contribution in [2.75, 3.05) is 39.9 Å². The molecule has 2 heterocycles. The summed E-state index contributed by atoms with van der Waals surface area (Å²) in [6.07, 6.45) is 1.82. The number of benzene rings is 1. The fourth-order valence-electron chi connectivity index (χ4n) is 3.04. The fraction of sp³-hybridized carbons (Fsp3) is 0.562. The maximum Gasteiger partial charge on any atom is 0.253 e. The SMILES string of the molecule is COCC1CCN(C(=O)c2cccc(S(=O)(=O)N3CCC3)c2)C1. The average molecular weight is 338 g/mol. The van der Waals surface area contributed by atoms with Crippen molar-refractivity contribution in [2.45, 2.75) is 17.7 Å². The van der Waals surface area contributed by atoms with Crippen molar-refractivity contribution in [3.63, 3.8) is 0 Å². The van der Waals surface area contributed by atoms with Gasteiger partial charge in [0.05, 0.1) is 11.5 Å². The molecule has 2 aliphatic rings. The van der Waals surface area contributed by atoms with Crippen LogP contribution in [0.3, 0.4) is 0 Å². The van der Waals surface area contributed by atoms with E-state index in [4.69, 9.17) is 4.74 Å². The Morgan fingerprint density at radius 1 is 1.30 bits per heavy atom. The summed E-state index contributed by atoms with van der Waals surface area (Å²) in [5.74, 6) is 0.251. The van der Waals surface area contributed by atoms with Gasteiger partial charge in [-0.25, -0.2) is 8.42 Å². The topological polar surface area (TPSA) is 66.9 Å². The molecule has 0 saturated carbocycles. The molecule has 1 unspecified atom stereocenters. The van der Waals surface area contributed by atoms with Gasteiger partial charge in [-0.2, -0.15) is 4.31 Å². The first-order valence-electron chi connectivity index (χ1n) is 7.91. The van der Waals surface area contributed by atoms with Crippen molar-refractivity contribution in [1.29, 1.82) is 0 Å². The highest BCUT2D eigenvalue weighted by molar-refractivity contribution is 7.89. The number of rotatable bonds is 5. The number of carbonyl (C=O) groups excluding carboxylic acids is 1. The van der Waals surface area contributed by atoms with Gasteiger partial charge < -0.3 is 9.64 Å². The van der Waals surface area contributed by atoms with Crippen LogP contribution in [0, 0.1) is 5.92 Å². The molecule has 0 aromatic heterocycles. The molecule has 23 heavy (non-hydrogen) atoms. The van der Waals surface area contributed by atoms with Crippen LogP contribution in [0.1, 0.15) is 23.2 Å². The first-order chi connectivity index (χ1) is 11.0. The van der Waals surface area contributed by atoms with Gasteiger partial charge in [0.1, 0.15) is 0 Å². The molecule has 126 valence electrons. The Hall–Kier alpha value is -1.44. The van der Waals surface area contributed by atoms with Crippen LogP contribution in [-0.2, 0) is 14.8 Å². The molecule has 0 aliphatic carbocycles. The second-order valence-corrected chi connectivity index (χ2v) is 8.08. The minimum absolute atomic E-state index is 0.107. The van der Waals surface area contributed by atoms with Gasteiger partial charge in [-0.3, -0.25) is 4.79 Å². The first kappa shape index (κ1) is 16.4. The van der Waals surface area contributed by atoms with Crippen LogP contribution in [0.25, 0.3) is 0 Å². The molecular formula is C16H22N2O4S. The molecule has 2 saturated heterocycles. The molecule has 2 aliphatic heterocycles. The van der Waals surface area contributed by atoms with E-state index in [1.54, 1.807) is 30.2 Å². The van der Waals surface area contributed by atoms with Gasteiger partial charge in [0.2, 0.25) is 10.0 Å². The van der Waals surface area contributed by atoms with Crippen LogP contribution in [0.15, 0.2) is 29.2 Å². The highest BCUT2D eigenvalue weighted by Gasteiger charge is 2.31. The lowest BCUT2D eigenvalue weighted by molar-refractivity contribution is 0.0775. The first-order valence-corrected chi connectivity index (χ1v) is 9.35. The monoisotopic (exact) mass is 338 g/mol. The van der Waals surface area contributed by atoms with E-state index in [0.717, 1.165) is 12.8 Å². The molecule has 0 spiro atoms. The van der Waals surface area contributed by atoms with E-state index in [1.165, 1.54) is 10.4 Å². The van der Waals surface area contributed by atoms with Crippen LogP contribution < -0.4 is 0 Å². The predicted octanol–water partition coefficient (Wildman–Crippen LogP) is 1.19. The second-order valence-electron chi connectivity index (χ2n) is 6.15. The standard InChI is InChI=1S/C16H22N2O4S/c1-22-12-13-6-9-17(11-13)16(19)14-4-2-5-15(10-14)23(20,21)18-7-3-8-18/h2,4-5,10,13H,3,6-9,11-12H2,1H3. The van der Waals surface area contributed by atoms with E-state index in [2.05, 4.69) is 0 Å². The molecule has 1 aromatic carbocycles. The van der Waals surface area contributed by atoms with Crippen LogP contribution >= 0.6 is 0 Å². The molecule has 3 rings (SSSR count). The smallest absolute Gasteiger partial charge is 0.253 e. The average Bonchev–Trinajstić information content (AvgIpc) is 2.93. The third-order valence-corrected chi connectivity index (χ3v) is 6.40. The Morgan fingerprint density at radius 3 is 2.74 bits per heavy atom. The summed E-state index contributed by atoms with van der Waals surface area (Å²) in [4.78, 5) is 14.6. The lowest BCUT2D eigenvalue weighted by atomic mass is 10.1. The summed E-state index contributed by atoms with van der Waals surface area (Å²) in [5.41, 5.74) is 0.435. The number of hydrogen-bond acceptors (Lipinski definition) is 4. The zero-order valence-electron chi connectivity index (χ0n) is 13.3. The van der Waals surface area contributed by atoms with Crippen LogP contribution in [0.5, 0.6) is 0 Å². The number of likely N-dealkylation sites (tertiary alicyclic amines) is 1. The van der Waals surface area contributed by atoms with E-state index in [0.29, 0.717) is 44.3 Å². The Bertz CT molecular complexity index is 685. The van der Waals surface area contributed by atoms with Crippen molar-refractivity contribution in [3.8, 4) is 0 Å². The summed E-state index contributed by atoms with van der Waals surface area (Å²) in [6.45, 7) is 3.12. The molecule has 1 amide bonds. The Labute approximate surface area is 137 Å². The summed E-state index contributed by atoms with van der Waals surface area (Å²) < 4.78 is 31.5. The van der Waals surface area contributed by atoms with Crippen LogP contribution in [0.2, 0.25) is 0 Å². The number of hydrogen-bond donors (Lipinski definition) is 0. The quantitative estimate of drug-likeness (QED) is 0.809. The summed E-state index contributed by atoms with van der Waals surface area (Å²) in [5, 5.41) is 0. The Kier molecular flexibility index (Phi) is 4.70. The number of nitrogens with zero attached hydrogens (tertiary/aromatic N) is 2. The van der Waals surface area contributed by atoms with E-state index >= 15 is 0 Å². The number of sulfonamides is 1. The third kappa shape index (κ3) is 3.27. The maximum absolute atomic E-state index is 12.6. The molecule has 6 nitrogen and oxygen atoms in total. The van der Waals surface area contributed by atoms with Crippen molar-refractivity contribution < 1.29 is 17.9 Å². The highest BCUT2D eigenvalue weighted by Crippen LogP contribution is 2.24. The van der Waals surface area contributed by atoms with Gasteiger partial charge in [-0.15, -0.1) is 0 Å². The Balaban J connectivity index is 1.76. The van der Waals surface area contributed by atoms with Gasteiger partial charge in [-0.1, -0.05) is 6.07 Å². The summed E-state index contributed by atoms with van der Waals surface area (Å²) >= 11 is 0. The van der Waals surface area contributed by atoms with Gasteiger partial charge >= 0.3 is 0 Å². The number of ether oxygens (including phenoxy) is 1. The predicted molar refractivity (Wildman–Crippen MR) is 85.7 cm³/mol. The molecule has 2 fully saturated rings. The molecule has 0 radical (unpaired) electrons. The van der Waals surface area contributed by atoms with E-state index in [-0.39, 0.29) is 10.8 Å². The van der Waals surface area contributed by atoms with Crippen molar-refractivity contribution in [1.82, 2.24) is 9.21 Å². The molecule has 7 heteroatoms. The second kappa shape index (κ2) is 6.59. The van der Waals surface area contributed by atoms with Gasteiger partial charge in [-0.05, 0) is 31.0 Å². The number of carbonyl (C=O) groups is 1. The molecule has 0 bridgehead atoms. The number of amides is 1. The maximum atomic E-state index is 12.6. The van der Waals surface area contributed by atoms with E-state index in [1.807, 2.05) is 0 Å². The van der Waals surface area contributed by atoms with E-state index in [9.17, 15) is 13.2 Å². The minimum Gasteiger partial charge on any atom is -0.384 e. The molecule has 1 aromatic rings. The van der Waals surface area contributed by atoms with Crippen LogP contribution in [0.4, 0.5) is 0 Å². The third-order valence-electron chi connectivity index (χ3n) is 4.51. The highest BCUT2D eigenvalue weighted by atomic mass is 32.2.